The first kappa shape index (κ1) is 11.1. The lowest BCUT2D eigenvalue weighted by Gasteiger charge is -2.16. The van der Waals surface area contributed by atoms with Crippen LogP contribution in [0.25, 0.3) is 0 Å². The van der Waals surface area contributed by atoms with Crippen LogP contribution in [0.4, 0.5) is 0 Å². The Labute approximate surface area is 94.7 Å². The molecule has 1 aromatic rings. The van der Waals surface area contributed by atoms with E-state index in [1.54, 1.807) is 6.92 Å². The molecule has 86 valence electrons. The van der Waals surface area contributed by atoms with E-state index >= 15 is 0 Å². The molecule has 0 aliphatic heterocycles. The topological polar surface area (TPSA) is 57.5 Å². The number of benzene rings is 1. The van der Waals surface area contributed by atoms with Gasteiger partial charge in [0.25, 0.3) is 0 Å². The molecule has 0 amide bonds. The van der Waals surface area contributed by atoms with Gasteiger partial charge in [0, 0.05) is 0 Å². The van der Waals surface area contributed by atoms with Crippen molar-refractivity contribution in [1.29, 1.82) is 0 Å². The quantitative estimate of drug-likeness (QED) is 0.812. The molecule has 0 radical (unpaired) electrons. The van der Waals surface area contributed by atoms with E-state index < -0.39 is 17.5 Å². The van der Waals surface area contributed by atoms with Crippen LogP contribution in [0.3, 0.4) is 0 Å². The van der Waals surface area contributed by atoms with E-state index in [1.165, 1.54) is 0 Å². The molecule has 1 aromatic carbocycles. The zero-order chi connectivity index (χ0) is 11.8. The summed E-state index contributed by atoms with van der Waals surface area (Å²) in [5, 5.41) is 18.7. The van der Waals surface area contributed by atoms with E-state index in [1.807, 2.05) is 24.3 Å². The fraction of sp³-hybridized carbons (Fsp3) is 0.462. The van der Waals surface area contributed by atoms with E-state index in [4.69, 9.17) is 0 Å². The van der Waals surface area contributed by atoms with Gasteiger partial charge >= 0.3 is 5.97 Å². The predicted octanol–water partition coefficient (Wildman–Crippen LogP) is 1.73. The van der Waals surface area contributed by atoms with Crippen molar-refractivity contribution in [1.82, 2.24) is 0 Å². The van der Waals surface area contributed by atoms with Crippen molar-refractivity contribution in [2.45, 2.75) is 37.7 Å². The van der Waals surface area contributed by atoms with Gasteiger partial charge in [-0.1, -0.05) is 24.3 Å². The fourth-order valence-corrected chi connectivity index (χ4v) is 2.21. The van der Waals surface area contributed by atoms with Gasteiger partial charge in [0.15, 0.2) is 0 Å². The number of aliphatic hydroxyl groups excluding tert-OH is 1. The molecule has 0 aromatic heterocycles. The first-order valence-electron chi connectivity index (χ1n) is 5.56. The molecular weight excluding hydrogens is 204 g/mol. The summed E-state index contributed by atoms with van der Waals surface area (Å²) in [5.74, 6) is -0.745. The van der Waals surface area contributed by atoms with Crippen LogP contribution >= 0.6 is 0 Å². The third-order valence-corrected chi connectivity index (χ3v) is 3.21. The molecule has 1 unspecified atom stereocenters. The van der Waals surface area contributed by atoms with E-state index in [0.717, 1.165) is 11.1 Å². The van der Waals surface area contributed by atoms with Crippen LogP contribution in [0.1, 0.15) is 30.9 Å². The van der Waals surface area contributed by atoms with Crippen LogP contribution in [-0.2, 0) is 16.6 Å². The Kier molecular flexibility index (Phi) is 2.72. The molecule has 3 heteroatoms. The van der Waals surface area contributed by atoms with Gasteiger partial charge < -0.3 is 10.2 Å². The second-order valence-corrected chi connectivity index (χ2v) is 4.60. The summed E-state index contributed by atoms with van der Waals surface area (Å²) < 4.78 is 0. The number of carbonyl (C=O) groups is 1. The van der Waals surface area contributed by atoms with Crippen molar-refractivity contribution in [3.63, 3.8) is 0 Å². The van der Waals surface area contributed by atoms with Gasteiger partial charge in [-0.3, -0.25) is 4.79 Å². The lowest BCUT2D eigenvalue weighted by Crippen LogP contribution is -2.22. The number of hydrogen-bond acceptors (Lipinski definition) is 2. The van der Waals surface area contributed by atoms with Crippen molar-refractivity contribution in [3.05, 3.63) is 35.4 Å². The Balaban J connectivity index is 2.37. The van der Waals surface area contributed by atoms with Crippen molar-refractivity contribution < 1.29 is 15.0 Å². The van der Waals surface area contributed by atoms with E-state index in [-0.39, 0.29) is 0 Å². The van der Waals surface area contributed by atoms with Gasteiger partial charge in [-0.25, -0.2) is 0 Å². The summed E-state index contributed by atoms with van der Waals surface area (Å²) in [5.41, 5.74) is 1.16. The Morgan fingerprint density at radius 1 is 1.44 bits per heavy atom. The molecule has 2 N–H and O–H groups in total. The Morgan fingerprint density at radius 2 is 2.06 bits per heavy atom. The maximum atomic E-state index is 11.3. The van der Waals surface area contributed by atoms with Gasteiger partial charge in [0.05, 0.1) is 11.5 Å². The molecule has 0 spiro atoms. The average Bonchev–Trinajstić information content (AvgIpc) is 2.98. The average molecular weight is 220 g/mol. The molecule has 0 heterocycles. The number of carboxylic acids is 1. The van der Waals surface area contributed by atoms with Crippen molar-refractivity contribution in [2.24, 2.45) is 0 Å². The fourth-order valence-electron chi connectivity index (χ4n) is 2.21. The molecule has 1 aliphatic carbocycles. The lowest BCUT2D eigenvalue weighted by molar-refractivity contribution is -0.140. The van der Waals surface area contributed by atoms with Crippen molar-refractivity contribution in [2.75, 3.05) is 0 Å². The highest BCUT2D eigenvalue weighted by atomic mass is 16.4. The van der Waals surface area contributed by atoms with Gasteiger partial charge in [0.2, 0.25) is 0 Å². The molecule has 16 heavy (non-hydrogen) atoms. The predicted molar refractivity (Wildman–Crippen MR) is 60.4 cm³/mol. The molecular formula is C13H16O3. The van der Waals surface area contributed by atoms with Crippen molar-refractivity contribution >= 4 is 5.97 Å². The molecule has 1 aliphatic rings. The van der Waals surface area contributed by atoms with Crippen LogP contribution < -0.4 is 0 Å². The smallest absolute Gasteiger partial charge is 0.314 e. The van der Waals surface area contributed by atoms with Crippen molar-refractivity contribution in [3.8, 4) is 0 Å². The monoisotopic (exact) mass is 220 g/mol. The first-order valence-corrected chi connectivity index (χ1v) is 5.56. The Morgan fingerprint density at radius 3 is 2.56 bits per heavy atom. The Hall–Kier alpha value is -1.35. The molecule has 0 bridgehead atoms. The van der Waals surface area contributed by atoms with Crippen LogP contribution in [0.15, 0.2) is 24.3 Å². The third kappa shape index (κ3) is 1.83. The molecule has 2 rings (SSSR count). The minimum atomic E-state index is -0.745. The number of rotatable bonds is 4. The van der Waals surface area contributed by atoms with Crippen LogP contribution in [-0.4, -0.2) is 22.3 Å². The van der Waals surface area contributed by atoms with Crippen LogP contribution in [0.5, 0.6) is 0 Å². The van der Waals surface area contributed by atoms with Crippen LogP contribution in [0, 0.1) is 0 Å². The van der Waals surface area contributed by atoms with E-state index in [0.29, 0.717) is 19.3 Å². The number of hydrogen-bond donors (Lipinski definition) is 2. The minimum absolute atomic E-state index is 0.439. The molecule has 3 nitrogen and oxygen atoms in total. The highest BCUT2D eigenvalue weighted by Crippen LogP contribution is 2.49. The SMILES string of the molecule is CC(O)Cc1ccccc1C1(C(=O)O)CC1. The minimum Gasteiger partial charge on any atom is -0.481 e. The summed E-state index contributed by atoms with van der Waals surface area (Å²) in [4.78, 5) is 11.3. The summed E-state index contributed by atoms with van der Waals surface area (Å²) in [6.07, 6.45) is 1.49. The molecule has 0 saturated heterocycles. The lowest BCUT2D eigenvalue weighted by atomic mass is 9.89. The standard InChI is InChI=1S/C13H16O3/c1-9(14)8-10-4-2-3-5-11(10)13(6-7-13)12(15)16/h2-5,9,14H,6-8H2,1H3,(H,15,16). The zero-order valence-corrected chi connectivity index (χ0v) is 9.31. The maximum Gasteiger partial charge on any atom is 0.314 e. The summed E-state index contributed by atoms with van der Waals surface area (Å²) in [6, 6.07) is 7.53. The largest absolute Gasteiger partial charge is 0.481 e. The number of aliphatic hydroxyl groups is 1. The van der Waals surface area contributed by atoms with E-state index in [2.05, 4.69) is 0 Å². The summed E-state index contributed by atoms with van der Waals surface area (Å²) in [6.45, 7) is 1.72. The number of aliphatic carboxylic acids is 1. The van der Waals surface area contributed by atoms with Gasteiger partial charge in [0.1, 0.15) is 0 Å². The third-order valence-electron chi connectivity index (χ3n) is 3.21. The molecule has 1 fully saturated rings. The van der Waals surface area contributed by atoms with Crippen LogP contribution in [0.2, 0.25) is 0 Å². The second-order valence-electron chi connectivity index (χ2n) is 4.60. The molecule has 1 atom stereocenters. The van der Waals surface area contributed by atoms with Gasteiger partial charge in [-0.05, 0) is 37.3 Å². The Bertz CT molecular complexity index is 405. The normalized spacial score (nSPS) is 19.1. The second kappa shape index (κ2) is 3.91. The summed E-state index contributed by atoms with van der Waals surface area (Å²) in [7, 11) is 0. The maximum absolute atomic E-state index is 11.3. The first-order chi connectivity index (χ1) is 7.56. The zero-order valence-electron chi connectivity index (χ0n) is 9.31. The molecule has 1 saturated carbocycles. The highest BCUT2D eigenvalue weighted by Gasteiger charge is 2.52. The summed E-state index contributed by atoms with van der Waals surface area (Å²) >= 11 is 0. The van der Waals surface area contributed by atoms with Gasteiger partial charge in [-0.2, -0.15) is 0 Å². The number of carboxylic acid groups (broad SMARTS) is 1. The van der Waals surface area contributed by atoms with Gasteiger partial charge in [-0.15, -0.1) is 0 Å². The van der Waals surface area contributed by atoms with E-state index in [9.17, 15) is 15.0 Å². The highest BCUT2D eigenvalue weighted by molar-refractivity contribution is 5.85.